The molecule has 7 heteroatoms. The quantitative estimate of drug-likeness (QED) is 0.686. The van der Waals surface area contributed by atoms with Crippen molar-refractivity contribution in [2.75, 3.05) is 25.0 Å². The second-order valence-corrected chi connectivity index (χ2v) is 6.90. The molecule has 2 N–H and O–H groups in total. The van der Waals surface area contributed by atoms with Gasteiger partial charge in [-0.15, -0.1) is 0 Å². The predicted molar refractivity (Wildman–Crippen MR) is 107 cm³/mol. The molecule has 0 aliphatic carbocycles. The van der Waals surface area contributed by atoms with Crippen LogP contribution in [0.25, 0.3) is 10.9 Å². The van der Waals surface area contributed by atoms with Gasteiger partial charge in [-0.3, -0.25) is 9.78 Å². The molecule has 2 aromatic heterocycles. The summed E-state index contributed by atoms with van der Waals surface area (Å²) in [6, 6.07) is 9.27. The van der Waals surface area contributed by atoms with E-state index < -0.39 is 0 Å². The molecule has 1 fully saturated rings. The zero-order valence-corrected chi connectivity index (χ0v) is 15.6. The number of anilines is 1. The topological polar surface area (TPSA) is 89.0 Å². The third kappa shape index (κ3) is 4.43. The first-order valence-corrected chi connectivity index (χ1v) is 9.60. The number of hydrogen-bond acceptors (Lipinski definition) is 6. The molecular weight excluding hydrogens is 354 g/mol. The molecule has 3 aromatic rings. The Hall–Kier alpha value is -3.06. The van der Waals surface area contributed by atoms with Gasteiger partial charge in [0.1, 0.15) is 5.75 Å². The van der Waals surface area contributed by atoms with Gasteiger partial charge >= 0.3 is 0 Å². The van der Waals surface area contributed by atoms with Gasteiger partial charge in [0.05, 0.1) is 17.8 Å². The second kappa shape index (κ2) is 8.75. The van der Waals surface area contributed by atoms with Gasteiger partial charge in [0.15, 0.2) is 0 Å². The molecule has 28 heavy (non-hydrogen) atoms. The van der Waals surface area contributed by atoms with E-state index >= 15 is 0 Å². The average Bonchev–Trinajstić information content (AvgIpc) is 2.75. The first-order valence-electron chi connectivity index (χ1n) is 9.60. The van der Waals surface area contributed by atoms with Gasteiger partial charge < -0.3 is 15.4 Å². The van der Waals surface area contributed by atoms with Crippen molar-refractivity contribution in [1.82, 2.24) is 20.3 Å². The summed E-state index contributed by atoms with van der Waals surface area (Å²) >= 11 is 0. The smallest absolute Gasteiger partial charge is 0.293 e. The Morgan fingerprint density at radius 1 is 1.11 bits per heavy atom. The third-order valence-corrected chi connectivity index (χ3v) is 4.95. The van der Waals surface area contributed by atoms with Crippen LogP contribution in [-0.2, 0) is 0 Å². The second-order valence-electron chi connectivity index (χ2n) is 6.90. The monoisotopic (exact) mass is 377 g/mol. The fraction of sp³-hybridized carbons (Fsp3) is 0.333. The van der Waals surface area contributed by atoms with Crippen molar-refractivity contribution in [3.8, 4) is 5.75 Å². The lowest BCUT2D eigenvalue weighted by Gasteiger charge is -2.22. The minimum Gasteiger partial charge on any atom is -0.493 e. The van der Waals surface area contributed by atoms with Crippen molar-refractivity contribution in [2.45, 2.75) is 19.3 Å². The van der Waals surface area contributed by atoms with Crippen LogP contribution in [0.5, 0.6) is 5.75 Å². The fourth-order valence-corrected chi connectivity index (χ4v) is 3.45. The Labute approximate surface area is 163 Å². The van der Waals surface area contributed by atoms with E-state index in [0.717, 1.165) is 30.6 Å². The maximum Gasteiger partial charge on any atom is 0.293 e. The Bertz CT molecular complexity index is 942. The van der Waals surface area contributed by atoms with Crippen LogP contribution in [0.15, 0.2) is 48.9 Å². The number of carbonyl (C=O) groups excluding carboxylic acids is 1. The zero-order valence-electron chi connectivity index (χ0n) is 15.6. The summed E-state index contributed by atoms with van der Waals surface area (Å²) < 4.78 is 6.01. The molecule has 0 unspecified atom stereocenters. The summed E-state index contributed by atoms with van der Waals surface area (Å²) in [7, 11) is 0. The van der Waals surface area contributed by atoms with Crippen LogP contribution in [0, 0.1) is 5.92 Å². The summed E-state index contributed by atoms with van der Waals surface area (Å²) in [6.45, 7) is 2.83. The molecule has 7 nitrogen and oxygen atoms in total. The van der Waals surface area contributed by atoms with Gasteiger partial charge in [-0.25, -0.2) is 9.97 Å². The minimum atomic E-state index is -0.376. The Morgan fingerprint density at radius 3 is 2.71 bits per heavy atom. The summed E-state index contributed by atoms with van der Waals surface area (Å²) in [5.74, 6) is 1.17. The molecule has 3 heterocycles. The number of amides is 1. The van der Waals surface area contributed by atoms with Crippen LogP contribution in [0.1, 0.15) is 29.9 Å². The number of rotatable bonds is 6. The van der Waals surface area contributed by atoms with E-state index in [1.54, 1.807) is 24.7 Å². The number of aromatic nitrogens is 3. The summed E-state index contributed by atoms with van der Waals surface area (Å²) in [5.41, 5.74) is 1.30. The molecule has 4 rings (SSSR count). The van der Waals surface area contributed by atoms with Crippen LogP contribution in [0.3, 0.4) is 0 Å². The van der Waals surface area contributed by atoms with E-state index in [-0.39, 0.29) is 11.7 Å². The van der Waals surface area contributed by atoms with E-state index in [0.29, 0.717) is 23.7 Å². The van der Waals surface area contributed by atoms with Crippen molar-refractivity contribution in [3.05, 3.63) is 54.7 Å². The molecule has 1 saturated heterocycles. The maximum atomic E-state index is 12.5. The molecular formula is C21H23N5O2. The lowest BCUT2D eigenvalue weighted by Crippen LogP contribution is -2.28. The van der Waals surface area contributed by atoms with E-state index in [2.05, 4.69) is 25.6 Å². The Morgan fingerprint density at radius 2 is 1.89 bits per heavy atom. The van der Waals surface area contributed by atoms with Gasteiger partial charge in [0, 0.05) is 30.0 Å². The molecule has 0 bridgehead atoms. The summed E-state index contributed by atoms with van der Waals surface area (Å²) in [6.07, 6.45) is 8.21. The highest BCUT2D eigenvalue weighted by Gasteiger charge is 2.15. The lowest BCUT2D eigenvalue weighted by atomic mass is 9.95. The maximum absolute atomic E-state index is 12.5. The van der Waals surface area contributed by atoms with Crippen LogP contribution in [0.4, 0.5) is 5.69 Å². The van der Waals surface area contributed by atoms with Crippen molar-refractivity contribution in [1.29, 1.82) is 0 Å². The minimum absolute atomic E-state index is 0.115. The van der Waals surface area contributed by atoms with Crippen LogP contribution >= 0.6 is 0 Å². The van der Waals surface area contributed by atoms with Crippen molar-refractivity contribution >= 4 is 22.5 Å². The Balaban J connectivity index is 1.50. The molecule has 1 aliphatic heterocycles. The number of hydrogen-bond donors (Lipinski definition) is 2. The average molecular weight is 377 g/mol. The highest BCUT2D eigenvalue weighted by Crippen LogP contribution is 2.28. The standard InChI is InChI=1S/C21H23N5O2/c27-21(20-24-8-2-9-25-20)26-18-14-17(13-16-3-1-7-23-19(16)18)28-12-6-15-4-10-22-11-5-15/h1-3,7-9,13-15,22H,4-6,10-12H2,(H,26,27). The lowest BCUT2D eigenvalue weighted by molar-refractivity contribution is 0.101. The van der Waals surface area contributed by atoms with Crippen LogP contribution < -0.4 is 15.4 Å². The van der Waals surface area contributed by atoms with E-state index in [4.69, 9.17) is 4.74 Å². The van der Waals surface area contributed by atoms with Crippen molar-refractivity contribution < 1.29 is 9.53 Å². The number of nitrogens with zero attached hydrogens (tertiary/aromatic N) is 3. The normalized spacial score (nSPS) is 14.7. The van der Waals surface area contributed by atoms with E-state index in [9.17, 15) is 4.79 Å². The molecule has 0 spiro atoms. The highest BCUT2D eigenvalue weighted by molar-refractivity contribution is 6.06. The number of ether oxygens (including phenoxy) is 1. The van der Waals surface area contributed by atoms with Gasteiger partial charge in [-0.1, -0.05) is 6.07 Å². The van der Waals surface area contributed by atoms with Gasteiger partial charge in [-0.05, 0) is 56.5 Å². The molecule has 1 aromatic carbocycles. The predicted octanol–water partition coefficient (Wildman–Crippen LogP) is 3.05. The zero-order chi connectivity index (χ0) is 19.2. The van der Waals surface area contributed by atoms with Gasteiger partial charge in [-0.2, -0.15) is 0 Å². The number of pyridine rings is 1. The summed E-state index contributed by atoms with van der Waals surface area (Å²) in [4.78, 5) is 24.9. The molecule has 0 radical (unpaired) electrons. The van der Waals surface area contributed by atoms with Crippen molar-refractivity contribution in [3.63, 3.8) is 0 Å². The first-order chi connectivity index (χ1) is 13.8. The van der Waals surface area contributed by atoms with E-state index in [1.807, 2.05) is 24.3 Å². The largest absolute Gasteiger partial charge is 0.493 e. The van der Waals surface area contributed by atoms with Gasteiger partial charge in [0.2, 0.25) is 5.82 Å². The summed E-state index contributed by atoms with van der Waals surface area (Å²) in [5, 5.41) is 7.16. The SMILES string of the molecule is O=C(Nc1cc(OCCC2CCNCC2)cc2cccnc12)c1ncccn1. The highest BCUT2D eigenvalue weighted by atomic mass is 16.5. The number of piperidine rings is 1. The third-order valence-electron chi connectivity index (χ3n) is 4.95. The van der Waals surface area contributed by atoms with Crippen LogP contribution in [-0.4, -0.2) is 40.6 Å². The number of carbonyl (C=O) groups is 1. The molecule has 0 saturated carbocycles. The van der Waals surface area contributed by atoms with Gasteiger partial charge in [0.25, 0.3) is 5.91 Å². The molecule has 1 amide bonds. The van der Waals surface area contributed by atoms with Crippen molar-refractivity contribution in [2.24, 2.45) is 5.92 Å². The molecule has 1 aliphatic rings. The number of fused-ring (bicyclic) bond motifs is 1. The molecule has 0 atom stereocenters. The van der Waals surface area contributed by atoms with Crippen LogP contribution in [0.2, 0.25) is 0 Å². The molecule has 144 valence electrons. The Kier molecular flexibility index (Phi) is 5.72. The van der Waals surface area contributed by atoms with E-state index in [1.165, 1.54) is 12.8 Å². The fourth-order valence-electron chi connectivity index (χ4n) is 3.45. The first kappa shape index (κ1) is 18.3. The number of nitrogens with one attached hydrogen (secondary N) is 2. The number of benzene rings is 1.